The van der Waals surface area contributed by atoms with Gasteiger partial charge in [0.2, 0.25) is 5.91 Å². The van der Waals surface area contributed by atoms with Crippen molar-refractivity contribution < 1.29 is 24.5 Å². The molecule has 1 amide bonds. The maximum atomic E-state index is 12.4. The van der Waals surface area contributed by atoms with Crippen molar-refractivity contribution in [3.8, 4) is 11.5 Å². The summed E-state index contributed by atoms with van der Waals surface area (Å²) in [5.74, 6) is -1.31. The number of aliphatic hydroxyl groups excluding tert-OH is 1. The van der Waals surface area contributed by atoms with Crippen LogP contribution in [0.3, 0.4) is 0 Å². The molecule has 6 nitrogen and oxygen atoms in total. The van der Waals surface area contributed by atoms with E-state index < -0.39 is 24.0 Å². The van der Waals surface area contributed by atoms with Crippen molar-refractivity contribution in [3.05, 3.63) is 83.0 Å². The van der Waals surface area contributed by atoms with Gasteiger partial charge in [-0.1, -0.05) is 61.4 Å². The number of hydrogen-bond acceptors (Lipinski definition) is 5. The van der Waals surface area contributed by atoms with Gasteiger partial charge < -0.3 is 20.3 Å². The van der Waals surface area contributed by atoms with Crippen LogP contribution in [0.2, 0.25) is 0 Å². The summed E-state index contributed by atoms with van der Waals surface area (Å²) in [4.78, 5) is 24.9. The maximum absolute atomic E-state index is 12.4. The summed E-state index contributed by atoms with van der Waals surface area (Å²) in [7, 11) is 0. The highest BCUT2D eigenvalue weighted by atomic mass is 16.5. The molecule has 6 heteroatoms. The first-order chi connectivity index (χ1) is 16.9. The van der Waals surface area contributed by atoms with Gasteiger partial charge in [-0.05, 0) is 75.7 Å². The molecule has 1 aliphatic rings. The summed E-state index contributed by atoms with van der Waals surface area (Å²) >= 11 is 0. The number of esters is 1. The number of hydrogen-bond donors (Lipinski definition) is 3. The fourth-order valence-electron chi connectivity index (χ4n) is 4.19. The Labute approximate surface area is 214 Å². The number of carbonyl (C=O) groups is 2. The Balaban J connectivity index is 1.99. The first kappa shape index (κ1) is 28.9. The lowest BCUT2D eigenvalue weighted by atomic mass is 9.72. The fraction of sp³-hybridized carbons (Fsp3) is 0.400. The molecule has 1 aliphatic carbocycles. The minimum Gasteiger partial charge on any atom is -0.508 e. The summed E-state index contributed by atoms with van der Waals surface area (Å²) in [5, 5.41) is 22.0. The van der Waals surface area contributed by atoms with Crippen LogP contribution >= 0.6 is 0 Å². The number of phenolic OH excluding ortho intramolecular Hbond substituents is 1. The Morgan fingerprint density at radius 3 is 2.53 bits per heavy atom. The molecule has 3 N–H and O–H groups in total. The van der Waals surface area contributed by atoms with Gasteiger partial charge in [0, 0.05) is 12.1 Å². The van der Waals surface area contributed by atoms with Gasteiger partial charge in [-0.15, -0.1) is 0 Å². The molecule has 0 spiro atoms. The van der Waals surface area contributed by atoms with Gasteiger partial charge in [0.15, 0.2) is 6.04 Å². The second-order valence-electron chi connectivity index (χ2n) is 10.1. The van der Waals surface area contributed by atoms with E-state index in [0.717, 1.165) is 12.0 Å². The SMILES string of the molecule is CC(C=CC1=C(C)CCCC1(C)C)=CC=CC(C)=CC(=O)NC(C(=O)Oc1cccc(O)c1)C(C)O. The first-order valence-corrected chi connectivity index (χ1v) is 12.3. The Morgan fingerprint density at radius 2 is 1.89 bits per heavy atom. The first-order valence-electron chi connectivity index (χ1n) is 12.3. The van der Waals surface area contributed by atoms with Crippen LogP contribution in [0.5, 0.6) is 11.5 Å². The van der Waals surface area contributed by atoms with Crippen LogP contribution in [0.1, 0.15) is 60.8 Å². The minimum atomic E-state index is -1.26. The van der Waals surface area contributed by atoms with Crippen LogP contribution in [0, 0.1) is 5.41 Å². The zero-order chi connectivity index (χ0) is 26.9. The van der Waals surface area contributed by atoms with Crippen LogP contribution in [0.4, 0.5) is 0 Å². The molecule has 0 radical (unpaired) electrons. The lowest BCUT2D eigenvalue weighted by Crippen LogP contribution is -2.49. The van der Waals surface area contributed by atoms with Crippen molar-refractivity contribution in [1.82, 2.24) is 5.32 Å². The number of benzene rings is 1. The van der Waals surface area contributed by atoms with Crippen molar-refractivity contribution in [2.75, 3.05) is 0 Å². The molecule has 0 aromatic heterocycles. The number of carbonyl (C=O) groups excluding carboxylic acids is 2. The molecule has 2 atom stereocenters. The average Bonchev–Trinajstić information content (AvgIpc) is 2.76. The molecule has 0 bridgehead atoms. The highest BCUT2D eigenvalue weighted by molar-refractivity contribution is 5.93. The van der Waals surface area contributed by atoms with Crippen LogP contribution in [-0.4, -0.2) is 34.2 Å². The summed E-state index contributed by atoms with van der Waals surface area (Å²) in [6.07, 6.45) is 13.8. The Bertz CT molecular complexity index is 1100. The lowest BCUT2D eigenvalue weighted by molar-refractivity contribution is -0.141. The lowest BCUT2D eigenvalue weighted by Gasteiger charge is -2.32. The predicted molar refractivity (Wildman–Crippen MR) is 143 cm³/mol. The van der Waals surface area contributed by atoms with E-state index in [-0.39, 0.29) is 16.9 Å². The molecule has 1 aromatic rings. The molecule has 2 unspecified atom stereocenters. The molecule has 0 heterocycles. The third-order valence-corrected chi connectivity index (χ3v) is 6.20. The van der Waals surface area contributed by atoms with Crippen molar-refractivity contribution in [2.24, 2.45) is 5.41 Å². The summed E-state index contributed by atoms with van der Waals surface area (Å²) in [5.41, 5.74) is 4.83. The van der Waals surface area contributed by atoms with Gasteiger partial charge in [0.25, 0.3) is 0 Å². The smallest absolute Gasteiger partial charge is 0.336 e. The summed E-state index contributed by atoms with van der Waals surface area (Å²) in [6.45, 7) is 12.0. The number of aromatic hydroxyl groups is 1. The van der Waals surface area contributed by atoms with Gasteiger partial charge in [-0.3, -0.25) is 4.79 Å². The zero-order valence-electron chi connectivity index (χ0n) is 22.2. The highest BCUT2D eigenvalue weighted by Gasteiger charge is 2.28. The van der Waals surface area contributed by atoms with E-state index in [4.69, 9.17) is 4.74 Å². The molecule has 1 aromatic carbocycles. The van der Waals surface area contributed by atoms with E-state index in [1.165, 1.54) is 61.3 Å². The zero-order valence-corrected chi connectivity index (χ0v) is 22.2. The molecule has 0 fully saturated rings. The molecule has 0 saturated carbocycles. The molecular weight excluding hydrogens is 454 g/mol. The molecule has 194 valence electrons. The van der Waals surface area contributed by atoms with Gasteiger partial charge >= 0.3 is 5.97 Å². The standard InChI is InChI=1S/C30H39NO5/c1-20(15-16-26-22(3)12-9-17-30(26,5)6)10-7-11-21(2)18-27(34)31-28(23(4)32)29(35)36-25-14-8-13-24(33)19-25/h7-8,10-11,13-16,18-19,23,28,32-33H,9,12,17H2,1-6H3,(H,31,34). The third kappa shape index (κ3) is 9.00. The Morgan fingerprint density at radius 1 is 1.17 bits per heavy atom. The van der Waals surface area contributed by atoms with Crippen molar-refractivity contribution in [1.29, 1.82) is 0 Å². The van der Waals surface area contributed by atoms with E-state index in [9.17, 15) is 19.8 Å². The second-order valence-corrected chi connectivity index (χ2v) is 10.1. The number of aliphatic hydroxyl groups is 1. The Kier molecular flexibility index (Phi) is 10.5. The molecular formula is C30H39NO5. The summed E-state index contributed by atoms with van der Waals surface area (Å²) in [6, 6.07) is 4.46. The second kappa shape index (κ2) is 13.1. The number of phenols is 1. The summed E-state index contributed by atoms with van der Waals surface area (Å²) < 4.78 is 5.18. The fourth-order valence-corrected chi connectivity index (χ4v) is 4.19. The van der Waals surface area contributed by atoms with Gasteiger partial charge in [-0.2, -0.15) is 0 Å². The van der Waals surface area contributed by atoms with Crippen LogP contribution in [-0.2, 0) is 9.59 Å². The third-order valence-electron chi connectivity index (χ3n) is 6.20. The number of ether oxygens (including phenoxy) is 1. The van der Waals surface area contributed by atoms with E-state index in [1.807, 2.05) is 19.1 Å². The number of amides is 1. The van der Waals surface area contributed by atoms with Crippen LogP contribution < -0.4 is 10.1 Å². The number of nitrogens with one attached hydrogen (secondary N) is 1. The van der Waals surface area contributed by atoms with E-state index in [2.05, 4.69) is 38.2 Å². The maximum Gasteiger partial charge on any atom is 0.336 e. The van der Waals surface area contributed by atoms with Crippen LogP contribution in [0.15, 0.2) is 83.0 Å². The van der Waals surface area contributed by atoms with Gasteiger partial charge in [-0.25, -0.2) is 4.79 Å². The quantitative estimate of drug-likeness (QED) is 0.178. The molecule has 36 heavy (non-hydrogen) atoms. The van der Waals surface area contributed by atoms with Crippen molar-refractivity contribution in [2.45, 2.75) is 73.0 Å². The van der Waals surface area contributed by atoms with Crippen LogP contribution in [0.25, 0.3) is 0 Å². The molecule has 2 rings (SSSR count). The predicted octanol–water partition coefficient (Wildman–Crippen LogP) is 5.69. The topological polar surface area (TPSA) is 95.9 Å². The van der Waals surface area contributed by atoms with Gasteiger partial charge in [0.05, 0.1) is 6.10 Å². The Hall–Kier alpha value is -3.38. The highest BCUT2D eigenvalue weighted by Crippen LogP contribution is 2.40. The van der Waals surface area contributed by atoms with E-state index >= 15 is 0 Å². The van der Waals surface area contributed by atoms with E-state index in [1.54, 1.807) is 13.0 Å². The molecule has 0 saturated heterocycles. The molecule has 0 aliphatic heterocycles. The normalized spacial score (nSPS) is 18.4. The van der Waals surface area contributed by atoms with Crippen molar-refractivity contribution >= 4 is 11.9 Å². The number of allylic oxidation sites excluding steroid dienone is 9. The average molecular weight is 494 g/mol. The van der Waals surface area contributed by atoms with E-state index in [0.29, 0.717) is 5.57 Å². The van der Waals surface area contributed by atoms with Crippen molar-refractivity contribution in [3.63, 3.8) is 0 Å². The monoisotopic (exact) mass is 493 g/mol. The largest absolute Gasteiger partial charge is 0.508 e. The minimum absolute atomic E-state index is 0.0620. The van der Waals surface area contributed by atoms with Gasteiger partial charge in [0.1, 0.15) is 11.5 Å². The number of rotatable bonds is 9.